The van der Waals surface area contributed by atoms with Crippen molar-refractivity contribution in [3.05, 3.63) is 0 Å². The smallest absolute Gasteiger partial charge is 0.234 e. The Morgan fingerprint density at radius 2 is 2.06 bits per heavy atom. The Balaban J connectivity index is 2.54. The van der Waals surface area contributed by atoms with Gasteiger partial charge in [0.1, 0.15) is 0 Å². The number of amides is 1. The Morgan fingerprint density at radius 3 is 2.62 bits per heavy atom. The molecule has 0 aromatic rings. The van der Waals surface area contributed by atoms with Crippen molar-refractivity contribution >= 4 is 5.91 Å². The first-order chi connectivity index (χ1) is 7.54. The fourth-order valence-corrected chi connectivity index (χ4v) is 2.79. The SMILES string of the molecule is CNCC(=O)NC1CC(C)CCC1C(C)C. The molecule has 0 aromatic heterocycles. The lowest BCUT2D eigenvalue weighted by Crippen LogP contribution is -2.47. The van der Waals surface area contributed by atoms with Crippen LogP contribution in [0.2, 0.25) is 0 Å². The van der Waals surface area contributed by atoms with Gasteiger partial charge < -0.3 is 10.6 Å². The summed E-state index contributed by atoms with van der Waals surface area (Å²) in [6, 6.07) is 0.379. The molecule has 1 aliphatic carbocycles. The Kier molecular flexibility index (Phi) is 5.26. The second kappa shape index (κ2) is 6.24. The molecule has 0 heterocycles. The fraction of sp³-hybridized carbons (Fsp3) is 0.923. The van der Waals surface area contributed by atoms with Gasteiger partial charge in [-0.3, -0.25) is 4.79 Å². The molecule has 16 heavy (non-hydrogen) atoms. The third-order valence-electron chi connectivity index (χ3n) is 3.71. The lowest BCUT2D eigenvalue weighted by molar-refractivity contribution is -0.121. The van der Waals surface area contributed by atoms with Crippen LogP contribution in [0.1, 0.15) is 40.0 Å². The van der Waals surface area contributed by atoms with Gasteiger partial charge in [-0.1, -0.05) is 27.2 Å². The topological polar surface area (TPSA) is 41.1 Å². The molecule has 0 radical (unpaired) electrons. The minimum atomic E-state index is 0.132. The van der Waals surface area contributed by atoms with E-state index in [9.17, 15) is 4.79 Å². The quantitative estimate of drug-likeness (QED) is 0.767. The van der Waals surface area contributed by atoms with Gasteiger partial charge in [0.15, 0.2) is 0 Å². The van der Waals surface area contributed by atoms with Gasteiger partial charge in [0.2, 0.25) is 5.91 Å². The molecule has 2 N–H and O–H groups in total. The van der Waals surface area contributed by atoms with Crippen molar-refractivity contribution in [3.8, 4) is 0 Å². The van der Waals surface area contributed by atoms with Crippen molar-refractivity contribution in [2.24, 2.45) is 17.8 Å². The summed E-state index contributed by atoms with van der Waals surface area (Å²) in [5.41, 5.74) is 0. The zero-order valence-corrected chi connectivity index (χ0v) is 11.0. The van der Waals surface area contributed by atoms with Crippen molar-refractivity contribution in [1.29, 1.82) is 0 Å². The van der Waals surface area contributed by atoms with Crippen LogP contribution in [0.25, 0.3) is 0 Å². The van der Waals surface area contributed by atoms with Crippen LogP contribution in [-0.4, -0.2) is 25.5 Å². The zero-order chi connectivity index (χ0) is 12.1. The van der Waals surface area contributed by atoms with Crippen LogP contribution >= 0.6 is 0 Å². The molecule has 1 aliphatic rings. The number of carbonyl (C=O) groups excluding carboxylic acids is 1. The molecule has 1 amide bonds. The normalized spacial score (nSPS) is 30.4. The summed E-state index contributed by atoms with van der Waals surface area (Å²) >= 11 is 0. The second-order valence-corrected chi connectivity index (χ2v) is 5.53. The van der Waals surface area contributed by atoms with E-state index in [1.54, 1.807) is 0 Å². The van der Waals surface area contributed by atoms with E-state index in [0.717, 1.165) is 12.3 Å². The maximum Gasteiger partial charge on any atom is 0.234 e. The molecule has 0 saturated heterocycles. The third kappa shape index (κ3) is 3.78. The van der Waals surface area contributed by atoms with E-state index in [0.29, 0.717) is 24.4 Å². The molecule has 1 fully saturated rings. The highest BCUT2D eigenvalue weighted by Crippen LogP contribution is 2.33. The molecule has 0 aliphatic heterocycles. The van der Waals surface area contributed by atoms with Crippen LogP contribution in [-0.2, 0) is 4.79 Å². The average molecular weight is 226 g/mol. The summed E-state index contributed by atoms with van der Waals surface area (Å²) in [4.78, 5) is 11.6. The van der Waals surface area contributed by atoms with Crippen LogP contribution in [0.5, 0.6) is 0 Å². The molecule has 3 atom stereocenters. The van der Waals surface area contributed by atoms with Crippen LogP contribution in [0, 0.1) is 17.8 Å². The first-order valence-corrected chi connectivity index (χ1v) is 6.48. The zero-order valence-electron chi connectivity index (χ0n) is 11.0. The van der Waals surface area contributed by atoms with Crippen molar-refractivity contribution in [1.82, 2.24) is 10.6 Å². The number of hydrogen-bond donors (Lipinski definition) is 2. The molecule has 0 bridgehead atoms. The average Bonchev–Trinajstić information content (AvgIpc) is 2.17. The Morgan fingerprint density at radius 1 is 1.38 bits per heavy atom. The molecule has 0 aromatic carbocycles. The van der Waals surface area contributed by atoms with Gasteiger partial charge in [-0.25, -0.2) is 0 Å². The van der Waals surface area contributed by atoms with Crippen LogP contribution in [0.4, 0.5) is 0 Å². The summed E-state index contributed by atoms with van der Waals surface area (Å²) < 4.78 is 0. The lowest BCUT2D eigenvalue weighted by atomic mass is 9.74. The second-order valence-electron chi connectivity index (χ2n) is 5.53. The van der Waals surface area contributed by atoms with E-state index in [4.69, 9.17) is 0 Å². The summed E-state index contributed by atoms with van der Waals surface area (Å²) in [5, 5.41) is 6.08. The Labute approximate surface area is 99.4 Å². The molecule has 94 valence electrons. The highest BCUT2D eigenvalue weighted by molar-refractivity contribution is 5.78. The summed E-state index contributed by atoms with van der Waals surface area (Å²) in [6.07, 6.45) is 3.70. The minimum Gasteiger partial charge on any atom is -0.352 e. The van der Waals surface area contributed by atoms with E-state index in [1.807, 2.05) is 7.05 Å². The maximum absolute atomic E-state index is 11.6. The first-order valence-electron chi connectivity index (χ1n) is 6.48. The van der Waals surface area contributed by atoms with Crippen LogP contribution < -0.4 is 10.6 Å². The highest BCUT2D eigenvalue weighted by atomic mass is 16.1. The largest absolute Gasteiger partial charge is 0.352 e. The van der Waals surface area contributed by atoms with Crippen LogP contribution in [0.15, 0.2) is 0 Å². The predicted octanol–water partition coefficient (Wildman–Crippen LogP) is 1.78. The Hall–Kier alpha value is -0.570. The molecule has 1 rings (SSSR count). The van der Waals surface area contributed by atoms with E-state index in [1.165, 1.54) is 12.8 Å². The number of carbonyl (C=O) groups is 1. The number of hydrogen-bond acceptors (Lipinski definition) is 2. The number of nitrogens with one attached hydrogen (secondary N) is 2. The van der Waals surface area contributed by atoms with Gasteiger partial charge in [0.05, 0.1) is 6.54 Å². The van der Waals surface area contributed by atoms with Gasteiger partial charge in [-0.15, -0.1) is 0 Å². The highest BCUT2D eigenvalue weighted by Gasteiger charge is 2.31. The molecule has 3 unspecified atom stereocenters. The molecular weight excluding hydrogens is 200 g/mol. The van der Waals surface area contributed by atoms with E-state index < -0.39 is 0 Å². The summed E-state index contributed by atoms with van der Waals surface area (Å²) in [6.45, 7) is 7.24. The maximum atomic E-state index is 11.6. The van der Waals surface area contributed by atoms with Gasteiger partial charge in [0, 0.05) is 6.04 Å². The molecule has 3 nitrogen and oxygen atoms in total. The van der Waals surface area contributed by atoms with E-state index in [-0.39, 0.29) is 5.91 Å². The third-order valence-corrected chi connectivity index (χ3v) is 3.71. The predicted molar refractivity (Wildman–Crippen MR) is 67.2 cm³/mol. The van der Waals surface area contributed by atoms with Crippen molar-refractivity contribution in [3.63, 3.8) is 0 Å². The minimum absolute atomic E-state index is 0.132. The molecule has 0 spiro atoms. The van der Waals surface area contributed by atoms with Gasteiger partial charge in [-0.2, -0.15) is 0 Å². The van der Waals surface area contributed by atoms with Crippen molar-refractivity contribution in [2.45, 2.75) is 46.1 Å². The van der Waals surface area contributed by atoms with Gasteiger partial charge >= 0.3 is 0 Å². The standard InChI is InChI=1S/C13H26N2O/c1-9(2)11-6-5-10(3)7-12(11)15-13(16)8-14-4/h9-12,14H,5-8H2,1-4H3,(H,15,16). The first kappa shape index (κ1) is 13.5. The Bertz CT molecular complexity index is 228. The molecular formula is C13H26N2O. The van der Waals surface area contributed by atoms with E-state index in [2.05, 4.69) is 31.4 Å². The number of likely N-dealkylation sites (N-methyl/N-ethyl adjacent to an activating group) is 1. The summed E-state index contributed by atoms with van der Waals surface area (Å²) in [5.74, 6) is 2.19. The summed E-state index contributed by atoms with van der Waals surface area (Å²) in [7, 11) is 1.81. The van der Waals surface area contributed by atoms with Crippen LogP contribution in [0.3, 0.4) is 0 Å². The monoisotopic (exact) mass is 226 g/mol. The van der Waals surface area contributed by atoms with Crippen molar-refractivity contribution in [2.75, 3.05) is 13.6 Å². The van der Waals surface area contributed by atoms with E-state index >= 15 is 0 Å². The molecule has 1 saturated carbocycles. The number of rotatable bonds is 4. The molecule has 3 heteroatoms. The van der Waals surface area contributed by atoms with Gasteiger partial charge in [-0.05, 0) is 37.6 Å². The van der Waals surface area contributed by atoms with Crippen molar-refractivity contribution < 1.29 is 4.79 Å². The fourth-order valence-electron chi connectivity index (χ4n) is 2.79. The lowest BCUT2D eigenvalue weighted by Gasteiger charge is -2.37. The van der Waals surface area contributed by atoms with Gasteiger partial charge in [0.25, 0.3) is 0 Å².